The average molecular weight is 199 g/mol. The zero-order chi connectivity index (χ0) is 9.68. The molecule has 1 aromatic rings. The van der Waals surface area contributed by atoms with Gasteiger partial charge >= 0.3 is 0 Å². The summed E-state index contributed by atoms with van der Waals surface area (Å²) in [5.41, 5.74) is 6.76. The number of aryl methyl sites for hydroxylation is 1. The van der Waals surface area contributed by atoms with Crippen LogP contribution in [0.2, 0.25) is 0 Å². The smallest absolute Gasteiger partial charge is 0.0530 e. The first-order valence-corrected chi connectivity index (χ1v) is 5.56. The highest BCUT2D eigenvalue weighted by Gasteiger charge is 2.02. The summed E-state index contributed by atoms with van der Waals surface area (Å²) < 4.78 is 1.84. The van der Waals surface area contributed by atoms with Crippen LogP contribution in [0.15, 0.2) is 12.4 Å². The second kappa shape index (κ2) is 5.29. The van der Waals surface area contributed by atoms with Crippen LogP contribution >= 0.6 is 11.8 Å². The van der Waals surface area contributed by atoms with Gasteiger partial charge in [0.15, 0.2) is 0 Å². The van der Waals surface area contributed by atoms with Gasteiger partial charge in [-0.3, -0.25) is 4.68 Å². The van der Waals surface area contributed by atoms with E-state index >= 15 is 0 Å². The molecular formula is C9H17N3S. The number of thioether (sulfide) groups is 1. The van der Waals surface area contributed by atoms with Gasteiger partial charge in [-0.2, -0.15) is 16.9 Å². The quantitative estimate of drug-likeness (QED) is 0.779. The molecule has 0 spiro atoms. The summed E-state index contributed by atoms with van der Waals surface area (Å²) in [6, 6.07) is 0. The summed E-state index contributed by atoms with van der Waals surface area (Å²) in [7, 11) is 1.94. The van der Waals surface area contributed by atoms with Gasteiger partial charge in [-0.1, -0.05) is 6.92 Å². The maximum atomic E-state index is 5.47. The molecule has 0 bridgehead atoms. The lowest BCUT2D eigenvalue weighted by Crippen LogP contribution is -2.07. The third kappa shape index (κ3) is 3.83. The van der Waals surface area contributed by atoms with E-state index in [9.17, 15) is 0 Å². The Morgan fingerprint density at radius 2 is 2.46 bits per heavy atom. The lowest BCUT2D eigenvalue weighted by Gasteiger charge is -2.07. The number of nitrogens with zero attached hydrogens (tertiary/aromatic N) is 2. The van der Waals surface area contributed by atoms with E-state index in [0.717, 1.165) is 18.7 Å². The summed E-state index contributed by atoms with van der Waals surface area (Å²) >= 11 is 1.93. The van der Waals surface area contributed by atoms with Crippen molar-refractivity contribution in [2.75, 3.05) is 6.54 Å². The molecule has 0 amide bonds. The molecule has 0 saturated carbocycles. The molecule has 0 aliphatic rings. The highest BCUT2D eigenvalue weighted by atomic mass is 32.2. The van der Waals surface area contributed by atoms with Crippen LogP contribution < -0.4 is 5.73 Å². The molecule has 2 N–H and O–H groups in total. The molecule has 74 valence electrons. The van der Waals surface area contributed by atoms with Crippen molar-refractivity contribution in [3.8, 4) is 0 Å². The summed E-state index contributed by atoms with van der Waals surface area (Å²) in [5, 5.41) is 4.76. The molecule has 4 heteroatoms. The van der Waals surface area contributed by atoms with Gasteiger partial charge < -0.3 is 5.73 Å². The van der Waals surface area contributed by atoms with E-state index in [2.05, 4.69) is 18.2 Å². The Morgan fingerprint density at radius 3 is 3.00 bits per heavy atom. The molecule has 1 atom stereocenters. The highest BCUT2D eigenvalue weighted by Crippen LogP contribution is 2.18. The van der Waals surface area contributed by atoms with E-state index < -0.39 is 0 Å². The Balaban J connectivity index is 2.26. The Morgan fingerprint density at radius 1 is 1.69 bits per heavy atom. The molecule has 3 nitrogen and oxygen atoms in total. The topological polar surface area (TPSA) is 43.8 Å². The minimum absolute atomic E-state index is 0.644. The molecule has 1 unspecified atom stereocenters. The number of hydrogen-bond donors (Lipinski definition) is 1. The standard InChI is InChI=1S/C9H17N3S/c1-8(3-4-10)13-7-9-5-11-12(2)6-9/h5-6,8H,3-4,7,10H2,1-2H3. The van der Waals surface area contributed by atoms with Crippen LogP contribution in [0, 0.1) is 0 Å². The predicted molar refractivity (Wildman–Crippen MR) is 57.6 cm³/mol. The van der Waals surface area contributed by atoms with Gasteiger partial charge in [0.25, 0.3) is 0 Å². The molecule has 1 aromatic heterocycles. The van der Waals surface area contributed by atoms with E-state index in [1.165, 1.54) is 5.56 Å². The van der Waals surface area contributed by atoms with Gasteiger partial charge in [0.1, 0.15) is 0 Å². The van der Waals surface area contributed by atoms with Crippen molar-refractivity contribution in [2.45, 2.75) is 24.3 Å². The highest BCUT2D eigenvalue weighted by molar-refractivity contribution is 7.99. The van der Waals surface area contributed by atoms with Crippen LogP contribution in [0.25, 0.3) is 0 Å². The largest absolute Gasteiger partial charge is 0.330 e. The molecule has 0 saturated heterocycles. The van der Waals surface area contributed by atoms with Gasteiger partial charge in [-0.15, -0.1) is 0 Å². The van der Waals surface area contributed by atoms with E-state index in [1.54, 1.807) is 0 Å². The molecule has 0 aliphatic heterocycles. The van der Waals surface area contributed by atoms with Crippen LogP contribution in [0.5, 0.6) is 0 Å². The van der Waals surface area contributed by atoms with E-state index in [4.69, 9.17) is 5.73 Å². The molecule has 0 aliphatic carbocycles. The molecule has 1 rings (SSSR count). The Kier molecular flexibility index (Phi) is 4.32. The van der Waals surface area contributed by atoms with Gasteiger partial charge in [0, 0.05) is 24.2 Å². The first kappa shape index (κ1) is 10.6. The molecule has 0 aromatic carbocycles. The van der Waals surface area contributed by atoms with Crippen molar-refractivity contribution in [1.82, 2.24) is 9.78 Å². The van der Waals surface area contributed by atoms with Gasteiger partial charge in [0.05, 0.1) is 6.20 Å². The van der Waals surface area contributed by atoms with Crippen molar-refractivity contribution >= 4 is 11.8 Å². The van der Waals surface area contributed by atoms with Crippen LogP contribution in [0.3, 0.4) is 0 Å². The molecule has 0 radical (unpaired) electrons. The molecular weight excluding hydrogens is 182 g/mol. The molecule has 13 heavy (non-hydrogen) atoms. The fourth-order valence-electron chi connectivity index (χ4n) is 1.10. The van der Waals surface area contributed by atoms with Crippen molar-refractivity contribution in [2.24, 2.45) is 12.8 Å². The molecule has 0 fully saturated rings. The van der Waals surface area contributed by atoms with Gasteiger partial charge in [0.2, 0.25) is 0 Å². The van der Waals surface area contributed by atoms with Gasteiger partial charge in [-0.05, 0) is 18.5 Å². The van der Waals surface area contributed by atoms with Crippen LogP contribution in [0.1, 0.15) is 18.9 Å². The van der Waals surface area contributed by atoms with E-state index in [-0.39, 0.29) is 0 Å². The maximum absolute atomic E-state index is 5.47. The second-order valence-electron chi connectivity index (χ2n) is 3.22. The first-order valence-electron chi connectivity index (χ1n) is 4.51. The van der Waals surface area contributed by atoms with Crippen molar-refractivity contribution < 1.29 is 0 Å². The number of nitrogens with two attached hydrogens (primary N) is 1. The van der Waals surface area contributed by atoms with E-state index in [1.807, 2.05) is 29.7 Å². The third-order valence-electron chi connectivity index (χ3n) is 1.87. The number of aromatic nitrogens is 2. The molecule has 1 heterocycles. The summed E-state index contributed by atoms with van der Waals surface area (Å²) in [6.45, 7) is 3.00. The van der Waals surface area contributed by atoms with Crippen LogP contribution in [-0.2, 0) is 12.8 Å². The van der Waals surface area contributed by atoms with Crippen LogP contribution in [-0.4, -0.2) is 21.6 Å². The minimum Gasteiger partial charge on any atom is -0.330 e. The lowest BCUT2D eigenvalue weighted by atomic mass is 10.3. The van der Waals surface area contributed by atoms with Crippen molar-refractivity contribution in [3.05, 3.63) is 18.0 Å². The fourth-order valence-corrected chi connectivity index (χ4v) is 2.03. The third-order valence-corrected chi connectivity index (χ3v) is 3.17. The van der Waals surface area contributed by atoms with Crippen LogP contribution in [0.4, 0.5) is 0 Å². The summed E-state index contributed by atoms with van der Waals surface area (Å²) in [5.74, 6) is 1.04. The van der Waals surface area contributed by atoms with Gasteiger partial charge in [-0.25, -0.2) is 0 Å². The minimum atomic E-state index is 0.644. The Labute approximate surface area is 83.7 Å². The zero-order valence-electron chi connectivity index (χ0n) is 8.23. The number of rotatable bonds is 5. The first-order chi connectivity index (χ1) is 6.22. The predicted octanol–water partition coefficient (Wildman–Crippen LogP) is 1.39. The van der Waals surface area contributed by atoms with Crippen molar-refractivity contribution in [1.29, 1.82) is 0 Å². The maximum Gasteiger partial charge on any atom is 0.0530 e. The second-order valence-corrected chi connectivity index (χ2v) is 4.65. The fraction of sp³-hybridized carbons (Fsp3) is 0.667. The SMILES string of the molecule is CC(CCN)SCc1cnn(C)c1. The van der Waals surface area contributed by atoms with E-state index in [0.29, 0.717) is 5.25 Å². The summed E-state index contributed by atoms with van der Waals surface area (Å²) in [4.78, 5) is 0. The average Bonchev–Trinajstić information content (AvgIpc) is 2.49. The number of hydrogen-bond acceptors (Lipinski definition) is 3. The zero-order valence-corrected chi connectivity index (χ0v) is 9.05. The monoisotopic (exact) mass is 199 g/mol. The Bertz CT molecular complexity index is 247. The Hall–Kier alpha value is -0.480. The normalized spacial score (nSPS) is 13.2. The summed E-state index contributed by atoms with van der Waals surface area (Å²) in [6.07, 6.45) is 5.06. The van der Waals surface area contributed by atoms with Crippen molar-refractivity contribution in [3.63, 3.8) is 0 Å². The lowest BCUT2D eigenvalue weighted by molar-refractivity contribution is 0.767.